The average molecular weight is 302 g/mol. The average Bonchev–Trinajstić information content (AvgIpc) is 2.55. The van der Waals surface area contributed by atoms with Crippen molar-refractivity contribution in [2.24, 2.45) is 0 Å². The van der Waals surface area contributed by atoms with Gasteiger partial charge in [0, 0.05) is 25.2 Å². The molecule has 0 aromatic heterocycles. The Morgan fingerprint density at radius 3 is 2.27 bits per heavy atom. The van der Waals surface area contributed by atoms with Crippen molar-refractivity contribution in [1.29, 1.82) is 0 Å². The van der Waals surface area contributed by atoms with Gasteiger partial charge in [0.15, 0.2) is 0 Å². The van der Waals surface area contributed by atoms with Crippen molar-refractivity contribution in [2.45, 2.75) is 13.2 Å². The zero-order valence-electron chi connectivity index (χ0n) is 12.1. The molecule has 0 saturated carbocycles. The number of nitro benzene ring substituents is 1. The molecule has 0 bridgehead atoms. The topological polar surface area (TPSA) is 84.6 Å². The van der Waals surface area contributed by atoms with Crippen molar-refractivity contribution in [3.05, 3.63) is 69.8 Å². The van der Waals surface area contributed by atoms with E-state index in [1.54, 1.807) is 12.1 Å². The molecule has 2 N–H and O–H groups in total. The second-order valence-electron chi connectivity index (χ2n) is 4.76. The predicted octanol–water partition coefficient (Wildman–Crippen LogP) is 2.26. The van der Waals surface area contributed by atoms with Gasteiger partial charge in [-0.3, -0.25) is 10.1 Å². The third kappa shape index (κ3) is 4.83. The number of benzene rings is 2. The van der Waals surface area contributed by atoms with Crippen LogP contribution in [0.1, 0.15) is 11.1 Å². The molecule has 6 nitrogen and oxygen atoms in total. The van der Waals surface area contributed by atoms with E-state index in [0.29, 0.717) is 19.7 Å². The fraction of sp³-hybridized carbons (Fsp3) is 0.250. The van der Waals surface area contributed by atoms with Crippen molar-refractivity contribution in [1.82, 2.24) is 5.32 Å². The standard InChI is InChI=1S/C16H18N2O4/c19-10-9-17-11-13-3-7-16(8-4-13)22-12-14-1-5-15(6-2-14)18(20)21/h1-8,17,19H,9-12H2. The number of non-ortho nitro benzene ring substituents is 1. The van der Waals surface area contributed by atoms with Gasteiger partial charge in [0.25, 0.3) is 5.69 Å². The van der Waals surface area contributed by atoms with Crippen LogP contribution in [0.5, 0.6) is 5.75 Å². The van der Waals surface area contributed by atoms with E-state index in [2.05, 4.69) is 5.32 Å². The summed E-state index contributed by atoms with van der Waals surface area (Å²) in [5.74, 6) is 0.740. The quantitative estimate of drug-likeness (QED) is 0.444. The molecule has 0 heterocycles. The van der Waals surface area contributed by atoms with E-state index >= 15 is 0 Å². The summed E-state index contributed by atoms with van der Waals surface area (Å²) < 4.78 is 5.64. The number of hydrogen-bond acceptors (Lipinski definition) is 5. The number of nitro groups is 1. The monoisotopic (exact) mass is 302 g/mol. The second kappa shape index (κ2) is 8.11. The Morgan fingerprint density at radius 1 is 1.05 bits per heavy atom. The lowest BCUT2D eigenvalue weighted by molar-refractivity contribution is -0.384. The van der Waals surface area contributed by atoms with Crippen LogP contribution in [0.15, 0.2) is 48.5 Å². The number of aliphatic hydroxyl groups excluding tert-OH is 1. The molecule has 0 amide bonds. The number of nitrogens with one attached hydrogen (secondary N) is 1. The summed E-state index contributed by atoms with van der Waals surface area (Å²) in [7, 11) is 0. The van der Waals surface area contributed by atoms with E-state index in [0.717, 1.165) is 16.9 Å². The van der Waals surface area contributed by atoms with Gasteiger partial charge in [0.1, 0.15) is 12.4 Å². The third-order valence-electron chi connectivity index (χ3n) is 3.09. The number of nitrogens with zero attached hydrogens (tertiary/aromatic N) is 1. The van der Waals surface area contributed by atoms with E-state index in [1.165, 1.54) is 12.1 Å². The van der Waals surface area contributed by atoms with E-state index in [1.807, 2.05) is 24.3 Å². The van der Waals surface area contributed by atoms with E-state index in [4.69, 9.17) is 9.84 Å². The molecule has 0 atom stereocenters. The highest BCUT2D eigenvalue weighted by molar-refractivity contribution is 5.33. The van der Waals surface area contributed by atoms with Crippen LogP contribution in [0.2, 0.25) is 0 Å². The maximum atomic E-state index is 10.6. The Balaban J connectivity index is 1.84. The Hall–Kier alpha value is -2.44. The second-order valence-corrected chi connectivity index (χ2v) is 4.76. The van der Waals surface area contributed by atoms with E-state index in [9.17, 15) is 10.1 Å². The van der Waals surface area contributed by atoms with Crippen molar-refractivity contribution in [2.75, 3.05) is 13.2 Å². The molecule has 22 heavy (non-hydrogen) atoms. The number of rotatable bonds is 8. The summed E-state index contributed by atoms with van der Waals surface area (Å²) in [5.41, 5.74) is 2.05. The lowest BCUT2D eigenvalue weighted by Gasteiger charge is -2.08. The zero-order valence-corrected chi connectivity index (χ0v) is 12.1. The minimum absolute atomic E-state index is 0.0727. The molecule has 0 saturated heterocycles. The first-order chi connectivity index (χ1) is 10.7. The van der Waals surface area contributed by atoms with Gasteiger partial charge in [-0.1, -0.05) is 12.1 Å². The van der Waals surface area contributed by atoms with E-state index < -0.39 is 4.92 Å². The van der Waals surface area contributed by atoms with Gasteiger partial charge in [-0.2, -0.15) is 0 Å². The number of hydrogen-bond donors (Lipinski definition) is 2. The minimum atomic E-state index is -0.422. The summed E-state index contributed by atoms with van der Waals surface area (Å²) in [6.45, 7) is 1.75. The lowest BCUT2D eigenvalue weighted by atomic mass is 10.2. The first-order valence-corrected chi connectivity index (χ1v) is 6.95. The molecule has 2 rings (SSSR count). The van der Waals surface area contributed by atoms with Crippen LogP contribution >= 0.6 is 0 Å². The molecule has 116 valence electrons. The van der Waals surface area contributed by atoms with Crippen LogP contribution in [0, 0.1) is 10.1 Å². The molecule has 2 aromatic carbocycles. The highest BCUT2D eigenvalue weighted by Gasteiger charge is 2.04. The molecule has 0 aliphatic carbocycles. The molecule has 0 aliphatic rings. The van der Waals surface area contributed by atoms with Gasteiger partial charge in [-0.15, -0.1) is 0 Å². The third-order valence-corrected chi connectivity index (χ3v) is 3.09. The van der Waals surface area contributed by atoms with Crippen LogP contribution in [0.3, 0.4) is 0 Å². The first-order valence-electron chi connectivity index (χ1n) is 6.95. The summed E-state index contributed by atoms with van der Waals surface area (Å²) in [6, 6.07) is 14.0. The molecule has 2 aromatic rings. The van der Waals surface area contributed by atoms with Gasteiger partial charge >= 0.3 is 0 Å². The largest absolute Gasteiger partial charge is 0.489 e. The minimum Gasteiger partial charge on any atom is -0.489 e. The molecular formula is C16H18N2O4. The molecule has 0 aliphatic heterocycles. The summed E-state index contributed by atoms with van der Waals surface area (Å²) >= 11 is 0. The van der Waals surface area contributed by atoms with Crippen LogP contribution in [0.4, 0.5) is 5.69 Å². The Kier molecular flexibility index (Phi) is 5.88. The summed E-state index contributed by atoms with van der Waals surface area (Å²) in [6.07, 6.45) is 0. The van der Waals surface area contributed by atoms with Crippen molar-refractivity contribution in [3.8, 4) is 5.75 Å². The SMILES string of the molecule is O=[N+]([O-])c1ccc(COc2ccc(CNCCO)cc2)cc1. The smallest absolute Gasteiger partial charge is 0.269 e. The van der Waals surface area contributed by atoms with Crippen molar-refractivity contribution >= 4 is 5.69 Å². The highest BCUT2D eigenvalue weighted by Crippen LogP contribution is 2.16. The Morgan fingerprint density at radius 2 is 1.68 bits per heavy atom. The fourth-order valence-corrected chi connectivity index (χ4v) is 1.90. The predicted molar refractivity (Wildman–Crippen MR) is 82.7 cm³/mol. The first kappa shape index (κ1) is 15.9. The van der Waals surface area contributed by atoms with Gasteiger partial charge in [0.2, 0.25) is 0 Å². The fourth-order valence-electron chi connectivity index (χ4n) is 1.90. The molecular weight excluding hydrogens is 284 g/mol. The van der Waals surface area contributed by atoms with Gasteiger partial charge in [-0.05, 0) is 35.4 Å². The van der Waals surface area contributed by atoms with Crippen molar-refractivity contribution < 1.29 is 14.8 Å². The number of ether oxygens (including phenoxy) is 1. The van der Waals surface area contributed by atoms with Crippen LogP contribution in [0.25, 0.3) is 0 Å². The van der Waals surface area contributed by atoms with Crippen molar-refractivity contribution in [3.63, 3.8) is 0 Å². The van der Waals surface area contributed by atoms with Gasteiger partial charge in [0.05, 0.1) is 11.5 Å². The maximum absolute atomic E-state index is 10.6. The van der Waals surface area contributed by atoms with Gasteiger partial charge < -0.3 is 15.2 Å². The van der Waals surface area contributed by atoms with Gasteiger partial charge in [-0.25, -0.2) is 0 Å². The summed E-state index contributed by atoms with van der Waals surface area (Å²) in [4.78, 5) is 10.2. The molecule has 0 fully saturated rings. The normalized spacial score (nSPS) is 10.4. The zero-order chi connectivity index (χ0) is 15.8. The van der Waals surface area contributed by atoms with Crippen LogP contribution in [-0.4, -0.2) is 23.2 Å². The Bertz CT molecular complexity index is 597. The number of aliphatic hydroxyl groups is 1. The maximum Gasteiger partial charge on any atom is 0.269 e. The molecule has 0 spiro atoms. The van der Waals surface area contributed by atoms with E-state index in [-0.39, 0.29) is 12.3 Å². The molecule has 0 unspecified atom stereocenters. The molecule has 6 heteroatoms. The summed E-state index contributed by atoms with van der Waals surface area (Å²) in [5, 5.41) is 22.4. The van der Waals surface area contributed by atoms with Crippen LogP contribution < -0.4 is 10.1 Å². The molecule has 0 radical (unpaired) electrons. The van der Waals surface area contributed by atoms with Crippen LogP contribution in [-0.2, 0) is 13.2 Å². The Labute approximate surface area is 128 Å². The lowest BCUT2D eigenvalue weighted by Crippen LogP contribution is -2.17. The highest BCUT2D eigenvalue weighted by atomic mass is 16.6.